The van der Waals surface area contributed by atoms with Crippen LogP contribution in [0.4, 0.5) is 13.2 Å². The molecule has 0 bridgehead atoms. The number of methoxy groups -OCH3 is 1. The van der Waals surface area contributed by atoms with Crippen LogP contribution in [0, 0.1) is 0 Å². The maximum absolute atomic E-state index is 12.7. The lowest BCUT2D eigenvalue weighted by Gasteiger charge is -2.15. The molecule has 0 amide bonds. The lowest BCUT2D eigenvalue weighted by atomic mass is 10.1. The van der Waals surface area contributed by atoms with Gasteiger partial charge in [0.15, 0.2) is 0 Å². The van der Waals surface area contributed by atoms with Crippen molar-refractivity contribution in [3.05, 3.63) is 23.5 Å². The zero-order valence-electron chi connectivity index (χ0n) is 12.4. The molecule has 1 rings (SSSR count). The van der Waals surface area contributed by atoms with Crippen molar-refractivity contribution in [2.75, 3.05) is 7.11 Å². The molecule has 1 aromatic heterocycles. The monoisotopic (exact) mass is 322 g/mol. The molecule has 4 nitrogen and oxygen atoms in total. The van der Waals surface area contributed by atoms with E-state index >= 15 is 0 Å². The fourth-order valence-corrected chi connectivity index (χ4v) is 1.97. The minimum atomic E-state index is -4.56. The highest BCUT2D eigenvalue weighted by atomic mass is 32.2. The summed E-state index contributed by atoms with van der Waals surface area (Å²) in [7, 11) is -0.254. The number of rotatable bonds is 3. The molecule has 0 aliphatic rings. The Morgan fingerprint density at radius 3 is 2.33 bits per heavy atom. The summed E-state index contributed by atoms with van der Waals surface area (Å²) in [5.41, 5.74) is -0.722. The summed E-state index contributed by atoms with van der Waals surface area (Å²) in [5, 5.41) is 0. The molecule has 0 unspecified atom stereocenters. The van der Waals surface area contributed by atoms with E-state index in [1.54, 1.807) is 20.8 Å². The summed E-state index contributed by atoms with van der Waals surface area (Å²) in [6.07, 6.45) is -3.58. The molecule has 0 spiro atoms. The molecule has 1 atom stereocenters. The minimum Gasteiger partial charge on any atom is -0.494 e. The summed E-state index contributed by atoms with van der Waals surface area (Å²) in [6.45, 7) is 6.67. The first-order chi connectivity index (χ1) is 9.46. The quantitative estimate of drug-likeness (QED) is 0.802. The van der Waals surface area contributed by atoms with Crippen LogP contribution >= 0.6 is 0 Å². The fraction of sp³-hybridized carbons (Fsp3) is 0.538. The normalized spacial score (nSPS) is 15.0. The first-order valence-electron chi connectivity index (χ1n) is 6.05. The van der Waals surface area contributed by atoms with Gasteiger partial charge in [0, 0.05) is 5.56 Å². The molecule has 8 heteroatoms. The second-order valence-electron chi connectivity index (χ2n) is 5.31. The zero-order chi connectivity index (χ0) is 16.4. The second kappa shape index (κ2) is 6.13. The van der Waals surface area contributed by atoms with E-state index in [2.05, 4.69) is 9.38 Å². The van der Waals surface area contributed by atoms with Gasteiger partial charge in [0.2, 0.25) is 0 Å². The second-order valence-corrected chi connectivity index (χ2v) is 7.21. The molecular formula is C13H17F3N2O2S. The third-order valence-corrected chi connectivity index (χ3v) is 4.00. The number of ether oxygens (including phenoxy) is 1. The summed E-state index contributed by atoms with van der Waals surface area (Å²) < 4.78 is 58.5. The molecule has 0 radical (unpaired) electrons. The number of alkyl halides is 3. The molecule has 1 aromatic rings. The third kappa shape index (κ3) is 4.52. The Balaban J connectivity index is 3.33. The summed E-state index contributed by atoms with van der Waals surface area (Å²) in [5.74, 6) is 0.148. The SMILES string of the molecule is COc1cnc(C(F)(F)F)cc1C(C)=N[S@](=O)C(C)(C)C. The number of halogens is 3. The van der Waals surface area contributed by atoms with Gasteiger partial charge in [-0.15, -0.1) is 0 Å². The number of nitrogens with zero attached hydrogens (tertiary/aromatic N) is 2. The van der Waals surface area contributed by atoms with Crippen molar-refractivity contribution in [3.8, 4) is 5.75 Å². The number of aromatic nitrogens is 1. The molecule has 0 fully saturated rings. The van der Waals surface area contributed by atoms with E-state index in [0.29, 0.717) is 0 Å². The Morgan fingerprint density at radius 1 is 1.33 bits per heavy atom. The van der Waals surface area contributed by atoms with E-state index in [-0.39, 0.29) is 17.0 Å². The molecule has 0 aromatic carbocycles. The van der Waals surface area contributed by atoms with Crippen molar-refractivity contribution in [1.82, 2.24) is 4.98 Å². The van der Waals surface area contributed by atoms with E-state index in [9.17, 15) is 17.4 Å². The number of hydrogen-bond acceptors (Lipinski definition) is 3. The van der Waals surface area contributed by atoms with Crippen molar-refractivity contribution in [2.45, 2.75) is 38.6 Å². The maximum atomic E-state index is 12.7. The van der Waals surface area contributed by atoms with Gasteiger partial charge in [-0.25, -0.2) is 9.19 Å². The lowest BCUT2D eigenvalue weighted by molar-refractivity contribution is -0.141. The third-order valence-electron chi connectivity index (χ3n) is 2.51. The molecule has 0 saturated heterocycles. The van der Waals surface area contributed by atoms with Crippen LogP contribution in [-0.4, -0.2) is 26.8 Å². The van der Waals surface area contributed by atoms with Crippen LogP contribution in [0.1, 0.15) is 39.0 Å². The van der Waals surface area contributed by atoms with E-state index in [4.69, 9.17) is 4.74 Å². The van der Waals surface area contributed by atoms with Gasteiger partial charge in [0.1, 0.15) is 22.4 Å². The number of pyridine rings is 1. The number of hydrogen-bond donors (Lipinski definition) is 0. The molecular weight excluding hydrogens is 305 g/mol. The average Bonchev–Trinajstić information content (AvgIpc) is 2.35. The van der Waals surface area contributed by atoms with Crippen LogP contribution in [0.15, 0.2) is 16.7 Å². The van der Waals surface area contributed by atoms with Crippen LogP contribution in [0.5, 0.6) is 5.75 Å². The predicted octanol–water partition coefficient (Wildman–Crippen LogP) is 3.38. The van der Waals surface area contributed by atoms with Gasteiger partial charge in [-0.1, -0.05) is 0 Å². The lowest BCUT2D eigenvalue weighted by Crippen LogP contribution is -2.21. The van der Waals surface area contributed by atoms with Crippen molar-refractivity contribution in [1.29, 1.82) is 0 Å². The molecule has 21 heavy (non-hydrogen) atoms. The summed E-state index contributed by atoms with van der Waals surface area (Å²) >= 11 is 0. The molecule has 0 aliphatic carbocycles. The zero-order valence-corrected chi connectivity index (χ0v) is 13.2. The predicted molar refractivity (Wildman–Crippen MR) is 75.9 cm³/mol. The summed E-state index contributed by atoms with van der Waals surface area (Å²) in [6, 6.07) is 0.845. The highest BCUT2D eigenvalue weighted by molar-refractivity contribution is 7.85. The first-order valence-corrected chi connectivity index (χ1v) is 7.16. The van der Waals surface area contributed by atoms with E-state index < -0.39 is 27.6 Å². The Morgan fingerprint density at radius 2 is 1.90 bits per heavy atom. The van der Waals surface area contributed by atoms with Gasteiger partial charge in [0.05, 0.1) is 23.8 Å². The molecule has 0 aliphatic heterocycles. The summed E-state index contributed by atoms with van der Waals surface area (Å²) in [4.78, 5) is 3.31. The molecule has 1 heterocycles. The van der Waals surface area contributed by atoms with Gasteiger partial charge in [0.25, 0.3) is 0 Å². The Labute approximate surface area is 124 Å². The molecule has 0 saturated carbocycles. The fourth-order valence-electron chi connectivity index (χ4n) is 1.35. The van der Waals surface area contributed by atoms with Gasteiger partial charge >= 0.3 is 6.18 Å². The highest BCUT2D eigenvalue weighted by Gasteiger charge is 2.33. The minimum absolute atomic E-state index is 0.123. The van der Waals surface area contributed by atoms with Gasteiger partial charge in [-0.3, -0.25) is 0 Å². The van der Waals surface area contributed by atoms with Gasteiger partial charge in [-0.05, 0) is 33.8 Å². The first kappa shape index (κ1) is 17.6. The van der Waals surface area contributed by atoms with E-state index in [0.717, 1.165) is 12.3 Å². The van der Waals surface area contributed by atoms with Crippen LogP contribution < -0.4 is 4.74 Å². The average molecular weight is 322 g/mol. The highest BCUT2D eigenvalue weighted by Crippen LogP contribution is 2.31. The van der Waals surface area contributed by atoms with Gasteiger partial charge in [-0.2, -0.15) is 17.6 Å². The van der Waals surface area contributed by atoms with Crippen molar-refractivity contribution < 1.29 is 22.1 Å². The largest absolute Gasteiger partial charge is 0.494 e. The maximum Gasteiger partial charge on any atom is 0.433 e. The Kier molecular flexibility index (Phi) is 5.14. The van der Waals surface area contributed by atoms with Crippen LogP contribution in [0.3, 0.4) is 0 Å². The van der Waals surface area contributed by atoms with E-state index in [1.165, 1.54) is 14.0 Å². The van der Waals surface area contributed by atoms with Crippen molar-refractivity contribution >= 4 is 16.7 Å². The van der Waals surface area contributed by atoms with E-state index in [1.807, 2.05) is 0 Å². The molecule has 118 valence electrons. The smallest absolute Gasteiger partial charge is 0.433 e. The molecule has 0 N–H and O–H groups in total. The topological polar surface area (TPSA) is 51.6 Å². The van der Waals surface area contributed by atoms with Crippen molar-refractivity contribution in [2.24, 2.45) is 4.40 Å². The van der Waals surface area contributed by atoms with Crippen LogP contribution in [0.2, 0.25) is 0 Å². The van der Waals surface area contributed by atoms with Crippen LogP contribution in [0.25, 0.3) is 0 Å². The van der Waals surface area contributed by atoms with Crippen LogP contribution in [-0.2, 0) is 17.2 Å². The van der Waals surface area contributed by atoms with Crippen molar-refractivity contribution in [3.63, 3.8) is 0 Å². The Hall–Kier alpha value is -1.44. The van der Waals surface area contributed by atoms with Gasteiger partial charge < -0.3 is 4.74 Å². The standard InChI is InChI=1S/C13H17F3N2O2S/c1-8(18-21(19)12(2,3)4)9-6-11(13(14,15)16)17-7-10(9)20-5/h6-7H,1-5H3/t21-/m1/s1. The Bertz CT molecular complexity index is 578.